The van der Waals surface area contributed by atoms with Gasteiger partial charge in [-0.2, -0.15) is 0 Å². The molecular weight excluding hydrogens is 233 g/mol. The van der Waals surface area contributed by atoms with Crippen molar-refractivity contribution in [2.24, 2.45) is 0 Å². The van der Waals surface area contributed by atoms with E-state index in [1.54, 1.807) is 12.1 Å². The van der Waals surface area contributed by atoms with E-state index in [2.05, 4.69) is 0 Å². The van der Waals surface area contributed by atoms with E-state index >= 15 is 0 Å². The van der Waals surface area contributed by atoms with Gasteiger partial charge < -0.3 is 14.7 Å². The molecule has 100 valence electrons. The van der Waals surface area contributed by atoms with Gasteiger partial charge in [-0.05, 0) is 26.8 Å². The number of aliphatic hydroxyl groups excluding tert-OH is 1. The van der Waals surface area contributed by atoms with Crippen LogP contribution >= 0.6 is 0 Å². The first-order chi connectivity index (χ1) is 8.43. The summed E-state index contributed by atoms with van der Waals surface area (Å²) < 4.78 is 19.8. The lowest BCUT2D eigenvalue weighted by Crippen LogP contribution is -2.52. The maximum Gasteiger partial charge on any atom is 0.146 e. The van der Waals surface area contributed by atoms with Crippen molar-refractivity contribution in [1.29, 1.82) is 0 Å². The van der Waals surface area contributed by atoms with Gasteiger partial charge in [0.05, 0.1) is 24.0 Å². The topological polar surface area (TPSA) is 32.7 Å². The minimum atomic E-state index is -0.313. The average Bonchev–Trinajstić information content (AvgIpc) is 2.25. The Morgan fingerprint density at radius 3 is 2.83 bits per heavy atom. The molecule has 1 unspecified atom stereocenters. The fourth-order valence-electron chi connectivity index (χ4n) is 2.67. The van der Waals surface area contributed by atoms with Crippen LogP contribution in [0, 0.1) is 5.82 Å². The van der Waals surface area contributed by atoms with Crippen molar-refractivity contribution in [3.8, 4) is 0 Å². The third-order valence-electron chi connectivity index (χ3n) is 3.13. The van der Waals surface area contributed by atoms with Gasteiger partial charge in [0.25, 0.3) is 0 Å². The molecule has 0 bridgehead atoms. The van der Waals surface area contributed by atoms with Crippen LogP contribution in [0.15, 0.2) is 18.2 Å². The average molecular weight is 253 g/mol. The number of rotatable bonds is 2. The highest BCUT2D eigenvalue weighted by Gasteiger charge is 2.33. The Morgan fingerprint density at radius 2 is 2.22 bits per heavy atom. The van der Waals surface area contributed by atoms with Gasteiger partial charge in [0.15, 0.2) is 0 Å². The minimum Gasteiger partial charge on any atom is -0.392 e. The zero-order chi connectivity index (χ0) is 13.3. The Balaban J connectivity index is 2.36. The predicted octanol–water partition coefficient (Wildman–Crippen LogP) is 2.32. The Hall–Kier alpha value is -1.13. The SMILES string of the molecule is CC1CN(c2c(F)cccc2CO)CC(C)(C)O1. The van der Waals surface area contributed by atoms with E-state index in [1.165, 1.54) is 6.07 Å². The molecule has 1 fully saturated rings. The van der Waals surface area contributed by atoms with Crippen LogP contribution in [0.4, 0.5) is 10.1 Å². The van der Waals surface area contributed by atoms with Crippen LogP contribution in [0.25, 0.3) is 0 Å². The molecule has 18 heavy (non-hydrogen) atoms. The van der Waals surface area contributed by atoms with E-state index in [-0.39, 0.29) is 24.1 Å². The number of morpholine rings is 1. The Bertz CT molecular complexity index is 434. The number of anilines is 1. The van der Waals surface area contributed by atoms with Crippen molar-refractivity contribution in [3.63, 3.8) is 0 Å². The highest BCUT2D eigenvalue weighted by Crippen LogP contribution is 2.30. The van der Waals surface area contributed by atoms with Crippen molar-refractivity contribution < 1.29 is 14.2 Å². The Kier molecular flexibility index (Phi) is 3.59. The lowest BCUT2D eigenvalue weighted by atomic mass is 10.0. The zero-order valence-electron chi connectivity index (χ0n) is 11.1. The van der Waals surface area contributed by atoms with Crippen molar-refractivity contribution in [2.75, 3.05) is 18.0 Å². The molecule has 2 rings (SSSR count). The number of benzene rings is 1. The second-order valence-electron chi connectivity index (χ2n) is 5.47. The number of aliphatic hydroxyl groups is 1. The number of hydrogen-bond donors (Lipinski definition) is 1. The number of nitrogens with zero attached hydrogens (tertiary/aromatic N) is 1. The van der Waals surface area contributed by atoms with Crippen molar-refractivity contribution >= 4 is 5.69 Å². The quantitative estimate of drug-likeness (QED) is 0.878. The summed E-state index contributed by atoms with van der Waals surface area (Å²) in [5.74, 6) is -0.286. The van der Waals surface area contributed by atoms with Crippen LogP contribution in [-0.2, 0) is 11.3 Å². The number of halogens is 1. The van der Waals surface area contributed by atoms with Crippen molar-refractivity contribution in [3.05, 3.63) is 29.6 Å². The van der Waals surface area contributed by atoms with Gasteiger partial charge in [-0.3, -0.25) is 0 Å². The van der Waals surface area contributed by atoms with Gasteiger partial charge in [0.2, 0.25) is 0 Å². The normalized spacial score (nSPS) is 23.2. The predicted molar refractivity (Wildman–Crippen MR) is 69.2 cm³/mol. The molecule has 3 nitrogen and oxygen atoms in total. The summed E-state index contributed by atoms with van der Waals surface area (Å²) in [6.07, 6.45) is 0.0416. The molecule has 0 radical (unpaired) electrons. The molecule has 1 saturated heterocycles. The molecule has 1 aliphatic heterocycles. The maximum absolute atomic E-state index is 14.0. The summed E-state index contributed by atoms with van der Waals surface area (Å²) in [7, 11) is 0. The van der Waals surface area contributed by atoms with Gasteiger partial charge in [-0.1, -0.05) is 12.1 Å². The molecular formula is C14H20FNO2. The molecule has 4 heteroatoms. The molecule has 0 aliphatic carbocycles. The third kappa shape index (κ3) is 2.65. The fourth-order valence-corrected chi connectivity index (χ4v) is 2.67. The van der Waals surface area contributed by atoms with E-state index in [0.29, 0.717) is 24.3 Å². The molecule has 1 aromatic rings. The molecule has 1 aromatic carbocycles. The number of para-hydroxylation sites is 1. The molecule has 0 saturated carbocycles. The van der Waals surface area contributed by atoms with Gasteiger partial charge in [0.1, 0.15) is 5.82 Å². The van der Waals surface area contributed by atoms with Crippen LogP contribution < -0.4 is 4.90 Å². The summed E-state index contributed by atoms with van der Waals surface area (Å²) >= 11 is 0. The summed E-state index contributed by atoms with van der Waals surface area (Å²) in [5, 5.41) is 9.34. The molecule has 1 heterocycles. The largest absolute Gasteiger partial charge is 0.392 e. The van der Waals surface area contributed by atoms with E-state index in [1.807, 2.05) is 25.7 Å². The first-order valence-corrected chi connectivity index (χ1v) is 6.24. The Labute approximate surface area is 107 Å². The van der Waals surface area contributed by atoms with E-state index < -0.39 is 0 Å². The summed E-state index contributed by atoms with van der Waals surface area (Å²) in [6.45, 7) is 7.07. The summed E-state index contributed by atoms with van der Waals surface area (Å²) in [4.78, 5) is 1.97. The molecule has 0 amide bonds. The second kappa shape index (κ2) is 4.86. The van der Waals surface area contributed by atoms with E-state index in [9.17, 15) is 9.50 Å². The van der Waals surface area contributed by atoms with Crippen LogP contribution in [0.1, 0.15) is 26.3 Å². The van der Waals surface area contributed by atoms with Gasteiger partial charge >= 0.3 is 0 Å². The second-order valence-corrected chi connectivity index (χ2v) is 5.47. The zero-order valence-corrected chi connectivity index (χ0v) is 11.1. The van der Waals surface area contributed by atoms with Gasteiger partial charge in [0, 0.05) is 18.7 Å². The molecule has 0 aromatic heterocycles. The van der Waals surface area contributed by atoms with Gasteiger partial charge in [-0.25, -0.2) is 4.39 Å². The van der Waals surface area contributed by atoms with E-state index in [0.717, 1.165) is 0 Å². The molecule has 1 N–H and O–H groups in total. The lowest BCUT2D eigenvalue weighted by molar-refractivity contribution is -0.0751. The number of ether oxygens (including phenoxy) is 1. The summed E-state index contributed by atoms with van der Waals surface area (Å²) in [6, 6.07) is 4.81. The third-order valence-corrected chi connectivity index (χ3v) is 3.13. The minimum absolute atomic E-state index is 0.0416. The van der Waals surface area contributed by atoms with Crippen LogP contribution in [-0.4, -0.2) is 29.9 Å². The highest BCUT2D eigenvalue weighted by molar-refractivity contribution is 5.55. The van der Waals surface area contributed by atoms with Crippen LogP contribution in [0.3, 0.4) is 0 Å². The van der Waals surface area contributed by atoms with Gasteiger partial charge in [-0.15, -0.1) is 0 Å². The Morgan fingerprint density at radius 1 is 1.50 bits per heavy atom. The van der Waals surface area contributed by atoms with Crippen LogP contribution in [0.5, 0.6) is 0 Å². The fraction of sp³-hybridized carbons (Fsp3) is 0.571. The monoisotopic (exact) mass is 253 g/mol. The lowest BCUT2D eigenvalue weighted by Gasteiger charge is -2.43. The first-order valence-electron chi connectivity index (χ1n) is 6.24. The van der Waals surface area contributed by atoms with E-state index in [4.69, 9.17) is 4.74 Å². The molecule has 1 aliphatic rings. The van der Waals surface area contributed by atoms with Crippen molar-refractivity contribution in [2.45, 2.75) is 39.1 Å². The first kappa shape index (κ1) is 13.3. The smallest absolute Gasteiger partial charge is 0.146 e. The summed E-state index contributed by atoms with van der Waals surface area (Å²) in [5.41, 5.74) is 0.815. The molecule has 0 spiro atoms. The highest BCUT2D eigenvalue weighted by atomic mass is 19.1. The molecule has 1 atom stereocenters. The number of hydrogen-bond acceptors (Lipinski definition) is 3. The van der Waals surface area contributed by atoms with Crippen LogP contribution in [0.2, 0.25) is 0 Å². The maximum atomic E-state index is 14.0. The standard InChI is InChI=1S/C14H20FNO2/c1-10-7-16(9-14(2,3)18-10)13-11(8-17)5-4-6-12(13)15/h4-6,10,17H,7-9H2,1-3H3. The van der Waals surface area contributed by atoms with Crippen molar-refractivity contribution in [1.82, 2.24) is 0 Å².